The number of nitrogens with zero attached hydrogens (tertiary/aromatic N) is 1. The first-order valence-electron chi connectivity index (χ1n) is 8.01. The molecule has 1 aromatic carbocycles. The topological polar surface area (TPSA) is 34.1 Å². The summed E-state index contributed by atoms with van der Waals surface area (Å²) in [5, 5.41) is 4.49. The number of hydrogen-bond acceptors (Lipinski definition) is 3. The van der Waals surface area contributed by atoms with Crippen molar-refractivity contribution in [2.75, 3.05) is 19.7 Å². The smallest absolute Gasteiger partial charge is 0.145 e. The van der Waals surface area contributed by atoms with Crippen LogP contribution in [-0.4, -0.2) is 24.7 Å². The molecule has 0 aliphatic heterocycles. The number of nitrogens with one attached hydrogen (secondary N) is 1. The van der Waals surface area contributed by atoms with E-state index in [0.717, 1.165) is 48.5 Å². The quantitative estimate of drug-likeness (QED) is 0.705. The van der Waals surface area contributed by atoms with Gasteiger partial charge in [0.15, 0.2) is 0 Å². The minimum absolute atomic E-state index is 0.774. The second-order valence-corrected chi connectivity index (χ2v) is 5.40. The molecular formula is C18H26N2O. The Morgan fingerprint density at radius 2 is 1.90 bits per heavy atom. The Balaban J connectivity index is 1.77. The second kappa shape index (κ2) is 8.63. The van der Waals surface area contributed by atoms with Crippen LogP contribution in [0.25, 0.3) is 10.9 Å². The van der Waals surface area contributed by atoms with Gasteiger partial charge in [-0.25, -0.2) is 4.98 Å². The van der Waals surface area contributed by atoms with E-state index in [9.17, 15) is 0 Å². The molecule has 0 atom stereocenters. The Morgan fingerprint density at radius 3 is 2.76 bits per heavy atom. The Hall–Kier alpha value is -1.61. The van der Waals surface area contributed by atoms with Gasteiger partial charge in [-0.05, 0) is 45.0 Å². The minimum atomic E-state index is 0.774. The van der Waals surface area contributed by atoms with Crippen molar-refractivity contribution in [1.29, 1.82) is 0 Å². The molecule has 114 valence electrons. The monoisotopic (exact) mass is 286 g/mol. The normalized spacial score (nSPS) is 11.0. The lowest BCUT2D eigenvalue weighted by atomic mass is 10.2. The van der Waals surface area contributed by atoms with E-state index in [4.69, 9.17) is 4.74 Å². The summed E-state index contributed by atoms with van der Waals surface area (Å²) in [6, 6.07) is 10.3. The van der Waals surface area contributed by atoms with E-state index in [2.05, 4.69) is 29.4 Å². The van der Waals surface area contributed by atoms with Crippen LogP contribution in [0, 0.1) is 6.92 Å². The lowest BCUT2D eigenvalue weighted by Crippen LogP contribution is -2.13. The van der Waals surface area contributed by atoms with Crippen LogP contribution in [0.3, 0.4) is 0 Å². The van der Waals surface area contributed by atoms with Gasteiger partial charge in [0, 0.05) is 11.1 Å². The highest BCUT2D eigenvalue weighted by molar-refractivity contribution is 5.84. The van der Waals surface area contributed by atoms with Gasteiger partial charge in [0.2, 0.25) is 0 Å². The number of para-hydroxylation sites is 1. The molecule has 0 unspecified atom stereocenters. The number of unbranched alkanes of at least 4 members (excludes halogenated alkanes) is 3. The second-order valence-electron chi connectivity index (χ2n) is 5.40. The Kier molecular flexibility index (Phi) is 6.48. The highest BCUT2D eigenvalue weighted by Crippen LogP contribution is 2.24. The molecule has 0 bridgehead atoms. The number of benzene rings is 1. The average molecular weight is 286 g/mol. The van der Waals surface area contributed by atoms with Gasteiger partial charge in [0.1, 0.15) is 11.3 Å². The van der Waals surface area contributed by atoms with E-state index in [1.807, 2.05) is 25.1 Å². The summed E-state index contributed by atoms with van der Waals surface area (Å²) in [6.07, 6.45) is 4.85. The summed E-state index contributed by atoms with van der Waals surface area (Å²) in [5.41, 5.74) is 2.01. The summed E-state index contributed by atoms with van der Waals surface area (Å²) >= 11 is 0. The van der Waals surface area contributed by atoms with E-state index in [1.165, 1.54) is 19.3 Å². The van der Waals surface area contributed by atoms with Gasteiger partial charge in [-0.2, -0.15) is 0 Å². The van der Waals surface area contributed by atoms with Gasteiger partial charge in [-0.1, -0.05) is 38.0 Å². The van der Waals surface area contributed by atoms with Crippen molar-refractivity contribution < 1.29 is 4.74 Å². The Labute approximate surface area is 127 Å². The first-order valence-corrected chi connectivity index (χ1v) is 8.01. The van der Waals surface area contributed by atoms with Crippen LogP contribution in [-0.2, 0) is 0 Å². The molecule has 0 radical (unpaired) electrons. The van der Waals surface area contributed by atoms with Gasteiger partial charge >= 0.3 is 0 Å². The van der Waals surface area contributed by atoms with Gasteiger partial charge in [-0.3, -0.25) is 0 Å². The van der Waals surface area contributed by atoms with E-state index >= 15 is 0 Å². The predicted molar refractivity (Wildman–Crippen MR) is 89.0 cm³/mol. The van der Waals surface area contributed by atoms with Crippen molar-refractivity contribution >= 4 is 10.9 Å². The third-order valence-electron chi connectivity index (χ3n) is 3.58. The van der Waals surface area contributed by atoms with Crippen LogP contribution in [0.1, 0.15) is 38.3 Å². The molecule has 2 aromatic rings. The number of aryl methyl sites for hydroxylation is 1. The van der Waals surface area contributed by atoms with Crippen molar-refractivity contribution in [3.63, 3.8) is 0 Å². The lowest BCUT2D eigenvalue weighted by Gasteiger charge is -2.09. The third kappa shape index (κ3) is 5.01. The molecule has 3 heteroatoms. The molecule has 0 aliphatic carbocycles. The molecule has 0 saturated heterocycles. The first-order chi connectivity index (χ1) is 10.3. The van der Waals surface area contributed by atoms with Crippen LogP contribution in [0.4, 0.5) is 0 Å². The molecule has 0 saturated carbocycles. The molecule has 2 rings (SSSR count). The van der Waals surface area contributed by atoms with Crippen molar-refractivity contribution in [2.45, 2.75) is 39.5 Å². The standard InChI is InChI=1S/C18H26N2O/c1-3-19-13-6-4-5-7-14-21-17-10-8-9-16-12-11-15(2)20-18(16)17/h8-12,19H,3-7,13-14H2,1-2H3. The number of fused-ring (bicyclic) bond motifs is 1. The molecule has 1 heterocycles. The molecule has 0 amide bonds. The summed E-state index contributed by atoms with van der Waals surface area (Å²) in [4.78, 5) is 4.59. The van der Waals surface area contributed by atoms with Gasteiger partial charge in [0.25, 0.3) is 0 Å². The van der Waals surface area contributed by atoms with E-state index in [-0.39, 0.29) is 0 Å². The zero-order valence-corrected chi connectivity index (χ0v) is 13.2. The van der Waals surface area contributed by atoms with Crippen molar-refractivity contribution in [2.24, 2.45) is 0 Å². The van der Waals surface area contributed by atoms with Gasteiger partial charge in [-0.15, -0.1) is 0 Å². The van der Waals surface area contributed by atoms with Gasteiger partial charge < -0.3 is 10.1 Å². The zero-order valence-electron chi connectivity index (χ0n) is 13.2. The molecular weight excluding hydrogens is 260 g/mol. The van der Waals surface area contributed by atoms with Crippen LogP contribution in [0.2, 0.25) is 0 Å². The number of pyridine rings is 1. The van der Waals surface area contributed by atoms with Crippen LogP contribution in [0.15, 0.2) is 30.3 Å². The minimum Gasteiger partial charge on any atom is -0.491 e. The number of aromatic nitrogens is 1. The molecule has 1 N–H and O–H groups in total. The number of ether oxygens (including phenoxy) is 1. The average Bonchev–Trinajstić information content (AvgIpc) is 2.50. The van der Waals surface area contributed by atoms with Crippen molar-refractivity contribution in [3.8, 4) is 5.75 Å². The summed E-state index contributed by atoms with van der Waals surface area (Å²) in [6.45, 7) is 7.13. The molecule has 0 aliphatic rings. The maximum absolute atomic E-state index is 5.92. The number of hydrogen-bond donors (Lipinski definition) is 1. The fourth-order valence-corrected chi connectivity index (χ4v) is 2.40. The SMILES string of the molecule is CCNCCCCCCOc1cccc2ccc(C)nc12. The third-order valence-corrected chi connectivity index (χ3v) is 3.58. The fraction of sp³-hybridized carbons (Fsp3) is 0.500. The number of rotatable bonds is 9. The molecule has 3 nitrogen and oxygen atoms in total. The Morgan fingerprint density at radius 1 is 1.05 bits per heavy atom. The van der Waals surface area contributed by atoms with E-state index in [1.54, 1.807) is 0 Å². The van der Waals surface area contributed by atoms with Gasteiger partial charge in [0.05, 0.1) is 6.61 Å². The molecule has 0 spiro atoms. The molecule has 0 fully saturated rings. The van der Waals surface area contributed by atoms with E-state index in [0.29, 0.717) is 0 Å². The fourth-order valence-electron chi connectivity index (χ4n) is 2.40. The Bertz CT molecular complexity index is 554. The van der Waals surface area contributed by atoms with Crippen LogP contribution in [0.5, 0.6) is 5.75 Å². The van der Waals surface area contributed by atoms with Crippen LogP contribution < -0.4 is 10.1 Å². The first kappa shape index (κ1) is 15.8. The maximum Gasteiger partial charge on any atom is 0.145 e. The zero-order chi connectivity index (χ0) is 14.9. The maximum atomic E-state index is 5.92. The summed E-state index contributed by atoms with van der Waals surface area (Å²) in [5.74, 6) is 0.906. The largest absolute Gasteiger partial charge is 0.491 e. The molecule has 21 heavy (non-hydrogen) atoms. The summed E-state index contributed by atoms with van der Waals surface area (Å²) in [7, 11) is 0. The highest BCUT2D eigenvalue weighted by atomic mass is 16.5. The van der Waals surface area contributed by atoms with E-state index < -0.39 is 0 Å². The molecule has 1 aromatic heterocycles. The summed E-state index contributed by atoms with van der Waals surface area (Å²) < 4.78 is 5.92. The predicted octanol–water partition coefficient (Wildman–Crippen LogP) is 4.09. The highest BCUT2D eigenvalue weighted by Gasteiger charge is 2.03. The van der Waals surface area contributed by atoms with Crippen molar-refractivity contribution in [1.82, 2.24) is 10.3 Å². The lowest BCUT2D eigenvalue weighted by molar-refractivity contribution is 0.307. The van der Waals surface area contributed by atoms with Crippen molar-refractivity contribution in [3.05, 3.63) is 36.0 Å². The van der Waals surface area contributed by atoms with Crippen LogP contribution >= 0.6 is 0 Å².